The normalized spacial score (nSPS) is 19.4. The van der Waals surface area contributed by atoms with Crippen LogP contribution in [0, 0.1) is 0 Å². The van der Waals surface area contributed by atoms with Crippen molar-refractivity contribution in [1.29, 1.82) is 0 Å². The summed E-state index contributed by atoms with van der Waals surface area (Å²) < 4.78 is 17.5. The average Bonchev–Trinajstić information content (AvgIpc) is 3.25. The maximum atomic E-state index is 12.8. The van der Waals surface area contributed by atoms with Crippen molar-refractivity contribution in [2.24, 2.45) is 0 Å². The Labute approximate surface area is 152 Å². The van der Waals surface area contributed by atoms with Crippen LogP contribution in [0.2, 0.25) is 0 Å². The van der Waals surface area contributed by atoms with Gasteiger partial charge < -0.3 is 19.3 Å². The third-order valence-electron chi connectivity index (χ3n) is 4.01. The van der Waals surface area contributed by atoms with Crippen LogP contribution >= 0.6 is 0 Å². The van der Waals surface area contributed by atoms with Gasteiger partial charge in [-0.3, -0.25) is 9.59 Å². The predicted molar refractivity (Wildman–Crippen MR) is 87.5 cm³/mol. The fourth-order valence-corrected chi connectivity index (χ4v) is 2.83. The van der Waals surface area contributed by atoms with Crippen LogP contribution in [0.5, 0.6) is 0 Å². The topological polar surface area (TPSA) is 148 Å². The Bertz CT molecular complexity index is 921. The number of ether oxygens (including phenoxy) is 3. The Hall–Kier alpha value is -2.86. The van der Waals surface area contributed by atoms with E-state index in [1.807, 2.05) is 0 Å². The molecule has 146 valence electrons. The first-order valence-electron chi connectivity index (χ1n) is 8.39. The molecule has 12 heteroatoms. The van der Waals surface area contributed by atoms with Crippen LogP contribution in [-0.4, -0.2) is 61.1 Å². The minimum atomic E-state index is -0.764. The number of fused-ring (bicyclic) bond motifs is 1. The van der Waals surface area contributed by atoms with Gasteiger partial charge in [-0.1, -0.05) is 5.21 Å². The molecule has 1 fully saturated rings. The molecule has 2 aromatic heterocycles. The van der Waals surface area contributed by atoms with Gasteiger partial charge in [-0.15, -0.1) is 5.10 Å². The van der Waals surface area contributed by atoms with E-state index >= 15 is 0 Å². The number of esters is 2. The fourth-order valence-electron chi connectivity index (χ4n) is 2.83. The maximum absolute atomic E-state index is 12.8. The van der Waals surface area contributed by atoms with Crippen LogP contribution in [-0.2, 0) is 25.7 Å². The molecular formula is C15H19N5O7. The molecule has 2 atom stereocenters. The largest absolute Gasteiger partial charge is 0.463 e. The number of nitrogens with zero attached hydrogens (tertiary/aromatic N) is 5. The molecule has 27 heavy (non-hydrogen) atoms. The average molecular weight is 381 g/mol. The molecule has 1 saturated heterocycles. The quantitative estimate of drug-likeness (QED) is 0.640. The van der Waals surface area contributed by atoms with Crippen molar-refractivity contribution in [2.75, 3.05) is 13.2 Å². The third-order valence-corrected chi connectivity index (χ3v) is 4.01. The van der Waals surface area contributed by atoms with Gasteiger partial charge in [0, 0.05) is 6.92 Å². The standard InChI is InChI=1S/C15H19N5O7/c1-3-25-15(24)12-11-13(19(7-21)17-12)14(23)20(18-16-11)10-5-4-9(27-10)6-26-8(2)22/h9-10,21H,3-7H2,1-2H3. The molecule has 0 aromatic carbocycles. The summed E-state index contributed by atoms with van der Waals surface area (Å²) in [7, 11) is 0. The zero-order valence-corrected chi connectivity index (χ0v) is 14.8. The molecule has 1 aliphatic rings. The second-order valence-corrected chi connectivity index (χ2v) is 5.84. The first kappa shape index (κ1) is 18.9. The Morgan fingerprint density at radius 1 is 1.33 bits per heavy atom. The van der Waals surface area contributed by atoms with E-state index in [1.165, 1.54) is 6.92 Å². The summed E-state index contributed by atoms with van der Waals surface area (Å²) in [5, 5.41) is 21.1. The predicted octanol–water partition coefficient (Wildman–Crippen LogP) is -0.645. The van der Waals surface area contributed by atoms with E-state index in [2.05, 4.69) is 15.4 Å². The van der Waals surface area contributed by atoms with Gasteiger partial charge in [-0.25, -0.2) is 9.48 Å². The highest BCUT2D eigenvalue weighted by Crippen LogP contribution is 2.27. The summed E-state index contributed by atoms with van der Waals surface area (Å²) in [5.74, 6) is -1.18. The minimum absolute atomic E-state index is 0.0572. The Morgan fingerprint density at radius 3 is 2.78 bits per heavy atom. The molecule has 0 amide bonds. The Morgan fingerprint density at radius 2 is 2.11 bits per heavy atom. The second-order valence-electron chi connectivity index (χ2n) is 5.84. The van der Waals surface area contributed by atoms with E-state index < -0.39 is 30.5 Å². The van der Waals surface area contributed by atoms with Gasteiger partial charge in [-0.05, 0) is 19.8 Å². The number of hydrogen-bond donors (Lipinski definition) is 1. The fraction of sp³-hybridized carbons (Fsp3) is 0.600. The molecule has 0 radical (unpaired) electrons. The summed E-state index contributed by atoms with van der Waals surface area (Å²) in [6.07, 6.45) is -0.0363. The van der Waals surface area contributed by atoms with E-state index in [4.69, 9.17) is 14.2 Å². The van der Waals surface area contributed by atoms with E-state index in [0.717, 1.165) is 9.36 Å². The number of carbonyl (C=O) groups excluding carboxylic acids is 2. The molecule has 3 rings (SSSR count). The zero-order valence-electron chi connectivity index (χ0n) is 14.8. The zero-order chi connectivity index (χ0) is 19.6. The maximum Gasteiger partial charge on any atom is 0.361 e. The van der Waals surface area contributed by atoms with Crippen molar-refractivity contribution in [3.8, 4) is 0 Å². The van der Waals surface area contributed by atoms with Crippen molar-refractivity contribution in [1.82, 2.24) is 24.8 Å². The highest BCUT2D eigenvalue weighted by atomic mass is 16.6. The summed E-state index contributed by atoms with van der Waals surface area (Å²) in [4.78, 5) is 35.7. The van der Waals surface area contributed by atoms with Gasteiger partial charge in [0.1, 0.15) is 13.3 Å². The lowest BCUT2D eigenvalue weighted by molar-refractivity contribution is -0.145. The first-order valence-corrected chi connectivity index (χ1v) is 8.39. The molecule has 12 nitrogen and oxygen atoms in total. The molecule has 0 saturated carbocycles. The van der Waals surface area contributed by atoms with Crippen LogP contribution in [0.25, 0.3) is 11.0 Å². The molecular weight excluding hydrogens is 362 g/mol. The van der Waals surface area contributed by atoms with Crippen molar-refractivity contribution >= 4 is 23.0 Å². The molecule has 1 N–H and O–H groups in total. The lowest BCUT2D eigenvalue weighted by atomic mass is 10.2. The summed E-state index contributed by atoms with van der Waals surface area (Å²) >= 11 is 0. The first-order chi connectivity index (χ1) is 13.0. The van der Waals surface area contributed by atoms with Crippen LogP contribution in [0.1, 0.15) is 43.4 Å². The van der Waals surface area contributed by atoms with Gasteiger partial charge in [0.15, 0.2) is 23.0 Å². The molecule has 0 spiro atoms. The van der Waals surface area contributed by atoms with Crippen LogP contribution in [0.4, 0.5) is 0 Å². The molecule has 0 bridgehead atoms. The number of aliphatic hydroxyl groups excluding tert-OH is 1. The number of hydrogen-bond acceptors (Lipinski definition) is 10. The number of rotatable bonds is 6. The van der Waals surface area contributed by atoms with Crippen molar-refractivity contribution in [3.63, 3.8) is 0 Å². The summed E-state index contributed by atoms with van der Waals surface area (Å²) in [6, 6.07) is 0. The van der Waals surface area contributed by atoms with Crippen LogP contribution in [0.3, 0.4) is 0 Å². The van der Waals surface area contributed by atoms with Gasteiger partial charge in [-0.2, -0.15) is 9.78 Å². The SMILES string of the molecule is CCOC(=O)c1nn(CO)c2c(=O)n(C3CCC(COC(C)=O)O3)nnc12. The summed E-state index contributed by atoms with van der Waals surface area (Å²) in [5.41, 5.74) is -0.950. The minimum Gasteiger partial charge on any atom is -0.463 e. The second kappa shape index (κ2) is 7.80. The van der Waals surface area contributed by atoms with Crippen molar-refractivity contribution in [2.45, 2.75) is 45.8 Å². The van der Waals surface area contributed by atoms with E-state index in [0.29, 0.717) is 12.8 Å². The van der Waals surface area contributed by atoms with Gasteiger partial charge >= 0.3 is 11.9 Å². The molecule has 3 heterocycles. The molecule has 2 aromatic rings. The lowest BCUT2D eigenvalue weighted by Crippen LogP contribution is -2.30. The van der Waals surface area contributed by atoms with Gasteiger partial charge in [0.05, 0.1) is 12.7 Å². The van der Waals surface area contributed by atoms with Crippen molar-refractivity contribution in [3.05, 3.63) is 16.0 Å². The molecule has 1 aliphatic heterocycles. The monoisotopic (exact) mass is 381 g/mol. The molecule has 2 unspecified atom stereocenters. The number of aromatic nitrogens is 5. The van der Waals surface area contributed by atoms with E-state index in [9.17, 15) is 19.5 Å². The van der Waals surface area contributed by atoms with E-state index in [1.54, 1.807) is 6.92 Å². The highest BCUT2D eigenvalue weighted by molar-refractivity contribution is 5.99. The van der Waals surface area contributed by atoms with Crippen LogP contribution < -0.4 is 5.56 Å². The Kier molecular flexibility index (Phi) is 5.46. The van der Waals surface area contributed by atoms with E-state index in [-0.39, 0.29) is 36.0 Å². The van der Waals surface area contributed by atoms with Crippen molar-refractivity contribution < 1.29 is 28.9 Å². The highest BCUT2D eigenvalue weighted by Gasteiger charge is 2.31. The van der Waals surface area contributed by atoms with Gasteiger partial charge in [0.25, 0.3) is 5.56 Å². The Balaban J connectivity index is 1.93. The van der Waals surface area contributed by atoms with Gasteiger partial charge in [0.2, 0.25) is 0 Å². The number of carbonyl (C=O) groups is 2. The third kappa shape index (κ3) is 3.66. The molecule has 0 aliphatic carbocycles. The number of aliphatic hydroxyl groups is 1. The van der Waals surface area contributed by atoms with Crippen LogP contribution in [0.15, 0.2) is 4.79 Å². The lowest BCUT2D eigenvalue weighted by Gasteiger charge is -2.14. The summed E-state index contributed by atoms with van der Waals surface area (Å²) in [6.45, 7) is 2.50. The smallest absolute Gasteiger partial charge is 0.361 e.